The van der Waals surface area contributed by atoms with Gasteiger partial charge in [-0.05, 0) is 11.5 Å². The molecule has 2 aromatic rings. The van der Waals surface area contributed by atoms with Crippen molar-refractivity contribution in [1.29, 1.82) is 0 Å². The zero-order valence-corrected chi connectivity index (χ0v) is 9.32. The lowest BCUT2D eigenvalue weighted by Crippen LogP contribution is -2.01. The quantitative estimate of drug-likeness (QED) is 0.392. The third-order valence-corrected chi connectivity index (χ3v) is 2.75. The van der Waals surface area contributed by atoms with Gasteiger partial charge in [-0.15, -0.1) is 0 Å². The molecule has 17 heavy (non-hydrogen) atoms. The fourth-order valence-electron chi connectivity index (χ4n) is 1.90. The van der Waals surface area contributed by atoms with E-state index in [1.54, 1.807) is 19.9 Å². The van der Waals surface area contributed by atoms with Crippen molar-refractivity contribution < 1.29 is 17.6 Å². The van der Waals surface area contributed by atoms with Crippen LogP contribution in [0, 0.1) is 23.3 Å². The fourth-order valence-corrected chi connectivity index (χ4v) is 1.90. The number of halogens is 4. The van der Waals surface area contributed by atoms with Gasteiger partial charge in [0.15, 0.2) is 23.3 Å². The summed E-state index contributed by atoms with van der Waals surface area (Å²) in [7, 11) is 0. The van der Waals surface area contributed by atoms with E-state index in [-0.39, 0.29) is 16.7 Å². The first-order chi connectivity index (χ1) is 7.95. The zero-order chi connectivity index (χ0) is 12.7. The largest absolute Gasteiger partial charge is 0.203 e. The first-order valence-electron chi connectivity index (χ1n) is 5.19. The smallest absolute Gasteiger partial charge is 0.198 e. The lowest BCUT2D eigenvalue weighted by atomic mass is 9.95. The standard InChI is InChI=1S/C13H10F4/c1-6(2)7-4-3-5-8-9(7)11(15)13(17)12(16)10(8)14/h3-6H,1-2H3. The summed E-state index contributed by atoms with van der Waals surface area (Å²) < 4.78 is 53.4. The highest BCUT2D eigenvalue weighted by atomic mass is 19.2. The Bertz CT molecular complexity index is 588. The summed E-state index contributed by atoms with van der Waals surface area (Å²) in [5.41, 5.74) is 0.456. The van der Waals surface area contributed by atoms with Crippen LogP contribution in [0.3, 0.4) is 0 Å². The van der Waals surface area contributed by atoms with Gasteiger partial charge in [-0.2, -0.15) is 0 Å². The molecule has 0 N–H and O–H groups in total. The van der Waals surface area contributed by atoms with Gasteiger partial charge in [0, 0.05) is 10.8 Å². The van der Waals surface area contributed by atoms with Gasteiger partial charge in [0.05, 0.1) is 0 Å². The van der Waals surface area contributed by atoms with Crippen LogP contribution in [-0.2, 0) is 0 Å². The maximum atomic E-state index is 13.7. The van der Waals surface area contributed by atoms with Crippen molar-refractivity contribution in [3.05, 3.63) is 47.0 Å². The number of benzene rings is 2. The average molecular weight is 242 g/mol. The summed E-state index contributed by atoms with van der Waals surface area (Å²) in [4.78, 5) is 0. The minimum Gasteiger partial charge on any atom is -0.203 e. The second-order valence-electron chi connectivity index (χ2n) is 4.18. The lowest BCUT2D eigenvalue weighted by Gasteiger charge is -2.12. The Morgan fingerprint density at radius 2 is 1.41 bits per heavy atom. The molecule has 2 rings (SSSR count). The van der Waals surface area contributed by atoms with Crippen molar-refractivity contribution in [3.63, 3.8) is 0 Å². The minimum atomic E-state index is -1.77. The maximum absolute atomic E-state index is 13.7. The molecule has 90 valence electrons. The van der Waals surface area contributed by atoms with Gasteiger partial charge in [-0.25, -0.2) is 17.6 Å². The molecule has 0 aliphatic rings. The molecular formula is C13H10F4. The molecule has 0 atom stereocenters. The van der Waals surface area contributed by atoms with Crippen LogP contribution >= 0.6 is 0 Å². The number of hydrogen-bond acceptors (Lipinski definition) is 0. The highest BCUT2D eigenvalue weighted by Gasteiger charge is 2.22. The highest BCUT2D eigenvalue weighted by Crippen LogP contribution is 2.32. The molecule has 2 aromatic carbocycles. The van der Waals surface area contributed by atoms with Crippen molar-refractivity contribution >= 4 is 10.8 Å². The minimum absolute atomic E-state index is 0.113. The van der Waals surface area contributed by atoms with Crippen molar-refractivity contribution in [2.45, 2.75) is 19.8 Å². The van der Waals surface area contributed by atoms with Crippen molar-refractivity contribution in [2.24, 2.45) is 0 Å². The van der Waals surface area contributed by atoms with E-state index in [1.807, 2.05) is 0 Å². The molecule has 0 spiro atoms. The van der Waals surface area contributed by atoms with E-state index in [1.165, 1.54) is 12.1 Å². The van der Waals surface area contributed by atoms with Crippen LogP contribution in [0.2, 0.25) is 0 Å². The van der Waals surface area contributed by atoms with Gasteiger partial charge in [0.1, 0.15) is 0 Å². The molecule has 0 aliphatic carbocycles. The monoisotopic (exact) mass is 242 g/mol. The van der Waals surface area contributed by atoms with E-state index in [2.05, 4.69) is 0 Å². The van der Waals surface area contributed by atoms with Crippen LogP contribution < -0.4 is 0 Å². The molecule has 0 saturated carbocycles. The van der Waals surface area contributed by atoms with Crippen LogP contribution in [0.15, 0.2) is 18.2 Å². The van der Waals surface area contributed by atoms with Gasteiger partial charge in [-0.3, -0.25) is 0 Å². The van der Waals surface area contributed by atoms with Gasteiger partial charge in [-0.1, -0.05) is 32.0 Å². The Labute approximate surface area is 95.9 Å². The SMILES string of the molecule is CC(C)c1cccc2c(F)c(F)c(F)c(F)c12. The van der Waals surface area contributed by atoms with E-state index >= 15 is 0 Å². The van der Waals surface area contributed by atoms with Crippen molar-refractivity contribution in [1.82, 2.24) is 0 Å². The first-order valence-corrected chi connectivity index (χ1v) is 5.19. The van der Waals surface area contributed by atoms with Crippen LogP contribution in [-0.4, -0.2) is 0 Å². The summed E-state index contributed by atoms with van der Waals surface area (Å²) >= 11 is 0. The van der Waals surface area contributed by atoms with Gasteiger partial charge in [0.2, 0.25) is 0 Å². The van der Waals surface area contributed by atoms with Gasteiger partial charge < -0.3 is 0 Å². The topological polar surface area (TPSA) is 0 Å². The molecule has 0 aromatic heterocycles. The molecule has 0 nitrogen and oxygen atoms in total. The predicted molar refractivity (Wildman–Crippen MR) is 57.9 cm³/mol. The highest BCUT2D eigenvalue weighted by molar-refractivity contribution is 5.87. The Morgan fingerprint density at radius 3 is 2.00 bits per heavy atom. The summed E-state index contributed by atoms with van der Waals surface area (Å²) in [6, 6.07) is 4.31. The van der Waals surface area contributed by atoms with E-state index in [9.17, 15) is 17.6 Å². The number of rotatable bonds is 1. The maximum Gasteiger partial charge on any atom is 0.198 e. The van der Waals surface area contributed by atoms with E-state index in [4.69, 9.17) is 0 Å². The van der Waals surface area contributed by atoms with Crippen molar-refractivity contribution in [2.75, 3.05) is 0 Å². The van der Waals surface area contributed by atoms with E-state index in [0.717, 1.165) is 0 Å². The summed E-state index contributed by atoms with van der Waals surface area (Å²) in [5, 5.41) is -0.411. The molecular weight excluding hydrogens is 232 g/mol. The molecule has 0 saturated heterocycles. The molecule has 4 heteroatoms. The van der Waals surface area contributed by atoms with E-state index < -0.39 is 23.3 Å². The van der Waals surface area contributed by atoms with Crippen LogP contribution in [0.25, 0.3) is 10.8 Å². The lowest BCUT2D eigenvalue weighted by molar-refractivity contribution is 0.417. The van der Waals surface area contributed by atoms with Crippen LogP contribution in [0.4, 0.5) is 17.6 Å². The predicted octanol–water partition coefficient (Wildman–Crippen LogP) is 4.52. The normalized spacial score (nSPS) is 11.5. The molecule has 0 bridgehead atoms. The Morgan fingerprint density at radius 1 is 0.824 bits per heavy atom. The third kappa shape index (κ3) is 1.68. The van der Waals surface area contributed by atoms with E-state index in [0.29, 0.717) is 5.56 Å². The van der Waals surface area contributed by atoms with Gasteiger partial charge >= 0.3 is 0 Å². The number of fused-ring (bicyclic) bond motifs is 1. The molecule has 0 unspecified atom stereocenters. The molecule has 0 radical (unpaired) electrons. The summed E-state index contributed by atoms with van der Waals surface area (Å²) in [6.07, 6.45) is 0. The molecule has 0 amide bonds. The fraction of sp³-hybridized carbons (Fsp3) is 0.231. The number of hydrogen-bond donors (Lipinski definition) is 0. The third-order valence-electron chi connectivity index (χ3n) is 2.75. The Hall–Kier alpha value is -1.58. The second kappa shape index (κ2) is 4.02. The molecule has 0 aliphatic heterocycles. The van der Waals surface area contributed by atoms with Crippen LogP contribution in [0.5, 0.6) is 0 Å². The molecule has 0 fully saturated rings. The Kier molecular flexibility index (Phi) is 2.81. The summed E-state index contributed by atoms with van der Waals surface area (Å²) in [5.74, 6) is -6.32. The van der Waals surface area contributed by atoms with Crippen LogP contribution in [0.1, 0.15) is 25.3 Å². The molecule has 0 heterocycles. The second-order valence-corrected chi connectivity index (χ2v) is 4.18. The first kappa shape index (κ1) is 11.9. The Balaban J connectivity index is 3.01. The average Bonchev–Trinajstić information content (AvgIpc) is 2.32. The zero-order valence-electron chi connectivity index (χ0n) is 9.32. The van der Waals surface area contributed by atoms with Crippen molar-refractivity contribution in [3.8, 4) is 0 Å². The van der Waals surface area contributed by atoms with Gasteiger partial charge in [0.25, 0.3) is 0 Å². The summed E-state index contributed by atoms with van der Waals surface area (Å²) in [6.45, 7) is 3.54.